The van der Waals surface area contributed by atoms with Crippen molar-refractivity contribution in [1.29, 1.82) is 0 Å². The first-order valence-electron chi connectivity index (χ1n) is 7.70. The van der Waals surface area contributed by atoms with Gasteiger partial charge in [-0.05, 0) is 12.8 Å². The van der Waals surface area contributed by atoms with Gasteiger partial charge in [0.25, 0.3) is 0 Å². The molecule has 2 rings (SSSR count). The summed E-state index contributed by atoms with van der Waals surface area (Å²) in [6.07, 6.45) is 4.96. The molecule has 0 bridgehead atoms. The second-order valence-corrected chi connectivity index (χ2v) is 6.31. The minimum Gasteiger partial charge on any atom is -0.481 e. The molecule has 1 heterocycles. The molecule has 2 aliphatic rings. The average molecular weight is 296 g/mol. The SMILES string of the molecule is CN1CCN(C(=O)CC2(C(=O)O)CCCCCC2)CC1=O. The summed E-state index contributed by atoms with van der Waals surface area (Å²) >= 11 is 0. The first-order chi connectivity index (χ1) is 9.94. The molecule has 0 aromatic rings. The summed E-state index contributed by atoms with van der Waals surface area (Å²) in [7, 11) is 1.72. The molecule has 0 aromatic heterocycles. The highest BCUT2D eigenvalue weighted by atomic mass is 16.4. The van der Waals surface area contributed by atoms with Crippen LogP contribution < -0.4 is 0 Å². The largest absolute Gasteiger partial charge is 0.481 e. The van der Waals surface area contributed by atoms with Crippen molar-refractivity contribution >= 4 is 17.8 Å². The molecule has 6 nitrogen and oxygen atoms in total. The Bertz CT molecular complexity index is 427. The van der Waals surface area contributed by atoms with Crippen LogP contribution in [0.5, 0.6) is 0 Å². The average Bonchev–Trinajstić information content (AvgIpc) is 2.68. The number of hydrogen-bond donors (Lipinski definition) is 1. The number of carboxylic acids is 1. The number of aliphatic carboxylic acids is 1. The monoisotopic (exact) mass is 296 g/mol. The summed E-state index contributed by atoms with van der Waals surface area (Å²) in [6.45, 7) is 1.09. The van der Waals surface area contributed by atoms with Gasteiger partial charge in [-0.15, -0.1) is 0 Å². The first kappa shape index (κ1) is 15.8. The van der Waals surface area contributed by atoms with Crippen LogP contribution >= 0.6 is 0 Å². The van der Waals surface area contributed by atoms with Crippen LogP contribution in [-0.2, 0) is 14.4 Å². The van der Waals surface area contributed by atoms with Crippen molar-refractivity contribution in [3.63, 3.8) is 0 Å². The Morgan fingerprint density at radius 2 is 1.76 bits per heavy atom. The zero-order valence-electron chi connectivity index (χ0n) is 12.6. The van der Waals surface area contributed by atoms with Gasteiger partial charge in [0.2, 0.25) is 11.8 Å². The van der Waals surface area contributed by atoms with E-state index >= 15 is 0 Å². The fourth-order valence-electron chi connectivity index (χ4n) is 3.24. The molecule has 0 radical (unpaired) electrons. The van der Waals surface area contributed by atoms with Gasteiger partial charge in [-0.3, -0.25) is 14.4 Å². The molecule has 118 valence electrons. The standard InChI is InChI=1S/C15H24N2O4/c1-16-8-9-17(11-13(16)19)12(18)10-15(14(20)21)6-4-2-3-5-7-15/h2-11H2,1H3,(H,20,21). The van der Waals surface area contributed by atoms with Crippen molar-refractivity contribution < 1.29 is 19.5 Å². The van der Waals surface area contributed by atoms with E-state index in [1.807, 2.05) is 0 Å². The minimum absolute atomic E-state index is 0.0271. The fraction of sp³-hybridized carbons (Fsp3) is 0.800. The zero-order chi connectivity index (χ0) is 15.5. The van der Waals surface area contributed by atoms with Gasteiger partial charge in [-0.25, -0.2) is 0 Å². The molecule has 1 saturated heterocycles. The third-order valence-corrected chi connectivity index (χ3v) is 4.81. The lowest BCUT2D eigenvalue weighted by atomic mass is 9.77. The molecule has 1 aliphatic heterocycles. The van der Waals surface area contributed by atoms with E-state index in [-0.39, 0.29) is 24.8 Å². The third-order valence-electron chi connectivity index (χ3n) is 4.81. The molecule has 0 spiro atoms. The van der Waals surface area contributed by atoms with Crippen molar-refractivity contribution in [3.8, 4) is 0 Å². The number of carboxylic acid groups (broad SMARTS) is 1. The van der Waals surface area contributed by atoms with Crippen molar-refractivity contribution in [2.75, 3.05) is 26.7 Å². The maximum Gasteiger partial charge on any atom is 0.310 e. The molecule has 21 heavy (non-hydrogen) atoms. The van der Waals surface area contributed by atoms with Crippen LogP contribution in [-0.4, -0.2) is 59.4 Å². The Kier molecular flexibility index (Phi) is 4.85. The molecule has 2 fully saturated rings. The molecule has 2 amide bonds. The minimum atomic E-state index is -0.931. The summed E-state index contributed by atoms with van der Waals surface area (Å²) in [5, 5.41) is 9.61. The molecule has 0 unspecified atom stereocenters. The van der Waals surface area contributed by atoms with E-state index < -0.39 is 11.4 Å². The van der Waals surface area contributed by atoms with Crippen molar-refractivity contribution in [1.82, 2.24) is 9.80 Å². The highest BCUT2D eigenvalue weighted by molar-refractivity contribution is 5.89. The number of nitrogens with zero attached hydrogens (tertiary/aromatic N) is 2. The van der Waals surface area contributed by atoms with Gasteiger partial charge in [0.05, 0.1) is 12.0 Å². The Balaban J connectivity index is 2.04. The fourth-order valence-corrected chi connectivity index (χ4v) is 3.24. The van der Waals surface area contributed by atoms with Crippen LogP contribution in [0.2, 0.25) is 0 Å². The van der Waals surface area contributed by atoms with E-state index in [0.29, 0.717) is 25.9 Å². The quantitative estimate of drug-likeness (QED) is 0.791. The Hall–Kier alpha value is -1.59. The smallest absolute Gasteiger partial charge is 0.310 e. The third kappa shape index (κ3) is 3.54. The van der Waals surface area contributed by atoms with E-state index in [4.69, 9.17) is 0 Å². The summed E-state index contributed by atoms with van der Waals surface area (Å²) in [5.74, 6) is -1.14. The predicted molar refractivity (Wildman–Crippen MR) is 76.6 cm³/mol. The van der Waals surface area contributed by atoms with Gasteiger partial charge in [-0.2, -0.15) is 0 Å². The van der Waals surface area contributed by atoms with Crippen LogP contribution in [0.4, 0.5) is 0 Å². The number of amides is 2. The van der Waals surface area contributed by atoms with Gasteiger partial charge < -0.3 is 14.9 Å². The summed E-state index contributed by atoms with van der Waals surface area (Å²) in [4.78, 5) is 38.9. The molecule has 0 atom stereocenters. The number of hydrogen-bond acceptors (Lipinski definition) is 3. The molecule has 0 aromatic carbocycles. The Labute approximate surface area is 125 Å². The number of carbonyl (C=O) groups excluding carboxylic acids is 2. The normalized spacial score (nSPS) is 22.8. The molecule has 1 saturated carbocycles. The van der Waals surface area contributed by atoms with Gasteiger partial charge in [0.15, 0.2) is 0 Å². The van der Waals surface area contributed by atoms with Gasteiger partial charge in [0, 0.05) is 26.6 Å². The van der Waals surface area contributed by atoms with E-state index in [0.717, 1.165) is 25.7 Å². The van der Waals surface area contributed by atoms with Crippen LogP contribution in [0, 0.1) is 5.41 Å². The van der Waals surface area contributed by atoms with Crippen molar-refractivity contribution in [2.45, 2.75) is 44.9 Å². The van der Waals surface area contributed by atoms with Crippen LogP contribution in [0.1, 0.15) is 44.9 Å². The van der Waals surface area contributed by atoms with Gasteiger partial charge >= 0.3 is 5.97 Å². The first-order valence-corrected chi connectivity index (χ1v) is 7.70. The molecule has 1 aliphatic carbocycles. The number of rotatable bonds is 3. The van der Waals surface area contributed by atoms with E-state index in [9.17, 15) is 19.5 Å². The van der Waals surface area contributed by atoms with Gasteiger partial charge in [-0.1, -0.05) is 25.7 Å². The Morgan fingerprint density at radius 1 is 1.14 bits per heavy atom. The summed E-state index contributed by atoms with van der Waals surface area (Å²) in [6, 6.07) is 0. The number of piperazine rings is 1. The lowest BCUT2D eigenvalue weighted by Gasteiger charge is -2.35. The summed E-state index contributed by atoms with van der Waals surface area (Å²) < 4.78 is 0. The summed E-state index contributed by atoms with van der Waals surface area (Å²) in [5.41, 5.74) is -0.931. The number of likely N-dealkylation sites (N-methyl/N-ethyl adjacent to an activating group) is 1. The van der Waals surface area contributed by atoms with Crippen molar-refractivity contribution in [3.05, 3.63) is 0 Å². The molecular formula is C15H24N2O4. The zero-order valence-corrected chi connectivity index (χ0v) is 12.6. The lowest BCUT2D eigenvalue weighted by molar-refractivity contribution is -0.156. The maximum absolute atomic E-state index is 12.4. The highest BCUT2D eigenvalue weighted by Crippen LogP contribution is 2.39. The second-order valence-electron chi connectivity index (χ2n) is 6.31. The second kappa shape index (κ2) is 6.45. The topological polar surface area (TPSA) is 77.9 Å². The van der Waals surface area contributed by atoms with Crippen LogP contribution in [0.25, 0.3) is 0 Å². The van der Waals surface area contributed by atoms with E-state index in [2.05, 4.69) is 0 Å². The maximum atomic E-state index is 12.4. The predicted octanol–water partition coefficient (Wildman–Crippen LogP) is 1.10. The van der Waals surface area contributed by atoms with E-state index in [1.54, 1.807) is 11.9 Å². The van der Waals surface area contributed by atoms with Crippen LogP contribution in [0.3, 0.4) is 0 Å². The van der Waals surface area contributed by atoms with Crippen molar-refractivity contribution in [2.24, 2.45) is 5.41 Å². The van der Waals surface area contributed by atoms with Crippen LogP contribution in [0.15, 0.2) is 0 Å². The lowest BCUT2D eigenvalue weighted by Crippen LogP contribution is -2.52. The molecular weight excluding hydrogens is 272 g/mol. The molecule has 6 heteroatoms. The number of carbonyl (C=O) groups is 3. The highest BCUT2D eigenvalue weighted by Gasteiger charge is 2.42. The van der Waals surface area contributed by atoms with E-state index in [1.165, 1.54) is 4.90 Å². The van der Waals surface area contributed by atoms with Gasteiger partial charge in [0.1, 0.15) is 0 Å². The molecule has 1 N–H and O–H groups in total. The Morgan fingerprint density at radius 3 is 2.29 bits per heavy atom.